The lowest BCUT2D eigenvalue weighted by Crippen LogP contribution is -2.43. The van der Waals surface area contributed by atoms with Crippen molar-refractivity contribution in [1.29, 1.82) is 0 Å². The van der Waals surface area contributed by atoms with Crippen LogP contribution in [0.3, 0.4) is 0 Å². The van der Waals surface area contributed by atoms with Crippen LogP contribution in [0, 0.1) is 5.92 Å². The van der Waals surface area contributed by atoms with Crippen molar-refractivity contribution in [2.24, 2.45) is 10.9 Å². The molecule has 1 amide bonds. The standard InChI is InChI=1S/C18H30N4O.HI/c1-6-8-17(23)22-16-10-7-9-15(11-16)12-20-18(19-5)21-14(4)13(2)3;/h7,9-11,13-14H,6,8,12H2,1-5H3,(H,22,23)(H2,19,20,21);1H. The van der Waals surface area contributed by atoms with Crippen molar-refractivity contribution in [3.63, 3.8) is 0 Å². The highest BCUT2D eigenvalue weighted by atomic mass is 127. The third kappa shape index (κ3) is 8.52. The zero-order chi connectivity index (χ0) is 17.2. The first-order chi connectivity index (χ1) is 11.0. The van der Waals surface area contributed by atoms with Gasteiger partial charge in [-0.2, -0.15) is 0 Å². The number of aliphatic imine (C=N–C) groups is 1. The summed E-state index contributed by atoms with van der Waals surface area (Å²) < 4.78 is 0. The van der Waals surface area contributed by atoms with E-state index in [1.807, 2.05) is 31.2 Å². The average Bonchev–Trinajstić information content (AvgIpc) is 2.51. The summed E-state index contributed by atoms with van der Waals surface area (Å²) in [6.07, 6.45) is 1.40. The highest BCUT2D eigenvalue weighted by Gasteiger charge is 2.09. The predicted octanol–water partition coefficient (Wildman–Crippen LogP) is 3.75. The maximum Gasteiger partial charge on any atom is 0.224 e. The van der Waals surface area contributed by atoms with Crippen molar-refractivity contribution in [3.8, 4) is 0 Å². The quantitative estimate of drug-likeness (QED) is 0.340. The average molecular weight is 446 g/mol. The van der Waals surface area contributed by atoms with E-state index in [2.05, 4.69) is 41.7 Å². The van der Waals surface area contributed by atoms with Crippen molar-refractivity contribution in [2.45, 2.75) is 53.1 Å². The van der Waals surface area contributed by atoms with Crippen LogP contribution in [0.25, 0.3) is 0 Å². The number of hydrogen-bond donors (Lipinski definition) is 3. The molecule has 1 aromatic carbocycles. The fraction of sp³-hybridized carbons (Fsp3) is 0.556. The lowest BCUT2D eigenvalue weighted by molar-refractivity contribution is -0.116. The number of nitrogens with zero attached hydrogens (tertiary/aromatic N) is 1. The highest BCUT2D eigenvalue weighted by molar-refractivity contribution is 14.0. The molecule has 0 aliphatic rings. The maximum atomic E-state index is 11.7. The number of carbonyl (C=O) groups excluding carboxylic acids is 1. The number of rotatable bonds is 7. The largest absolute Gasteiger partial charge is 0.354 e. The molecule has 0 aliphatic carbocycles. The van der Waals surface area contributed by atoms with Crippen molar-refractivity contribution < 1.29 is 4.79 Å². The Labute approximate surface area is 163 Å². The van der Waals surface area contributed by atoms with Gasteiger partial charge in [-0.1, -0.05) is 32.9 Å². The van der Waals surface area contributed by atoms with Crippen LogP contribution in [-0.2, 0) is 11.3 Å². The number of halogens is 1. The van der Waals surface area contributed by atoms with Gasteiger partial charge in [0.2, 0.25) is 5.91 Å². The number of guanidine groups is 1. The minimum absolute atomic E-state index is 0. The Hall–Kier alpha value is -1.31. The Morgan fingerprint density at radius 1 is 1.25 bits per heavy atom. The van der Waals surface area contributed by atoms with E-state index in [0.717, 1.165) is 23.6 Å². The van der Waals surface area contributed by atoms with Gasteiger partial charge in [0.25, 0.3) is 0 Å². The van der Waals surface area contributed by atoms with Gasteiger partial charge in [0, 0.05) is 31.7 Å². The molecule has 3 N–H and O–H groups in total. The second kappa shape index (κ2) is 12.1. The molecule has 0 saturated heterocycles. The highest BCUT2D eigenvalue weighted by Crippen LogP contribution is 2.11. The summed E-state index contributed by atoms with van der Waals surface area (Å²) in [7, 11) is 1.77. The lowest BCUT2D eigenvalue weighted by atomic mass is 10.1. The van der Waals surface area contributed by atoms with Crippen molar-refractivity contribution in [2.75, 3.05) is 12.4 Å². The Morgan fingerprint density at radius 2 is 1.96 bits per heavy atom. The van der Waals surface area contributed by atoms with E-state index in [4.69, 9.17) is 0 Å². The van der Waals surface area contributed by atoms with Crippen molar-refractivity contribution in [3.05, 3.63) is 29.8 Å². The molecule has 0 bridgehead atoms. The van der Waals surface area contributed by atoms with E-state index < -0.39 is 0 Å². The van der Waals surface area contributed by atoms with Crippen molar-refractivity contribution in [1.82, 2.24) is 10.6 Å². The molecular formula is C18H31IN4O. The van der Waals surface area contributed by atoms with E-state index in [-0.39, 0.29) is 29.9 Å². The van der Waals surface area contributed by atoms with Gasteiger partial charge in [-0.15, -0.1) is 24.0 Å². The van der Waals surface area contributed by atoms with Crippen LogP contribution in [0.15, 0.2) is 29.3 Å². The molecule has 1 rings (SSSR count). The SMILES string of the molecule is CCCC(=O)Nc1cccc(CNC(=NC)NC(C)C(C)C)c1.I. The van der Waals surface area contributed by atoms with E-state index in [9.17, 15) is 4.79 Å². The minimum atomic E-state index is 0. The van der Waals surface area contributed by atoms with Gasteiger partial charge in [-0.25, -0.2) is 0 Å². The maximum absolute atomic E-state index is 11.7. The first-order valence-electron chi connectivity index (χ1n) is 8.32. The molecule has 0 radical (unpaired) electrons. The fourth-order valence-corrected chi connectivity index (χ4v) is 1.97. The molecule has 6 heteroatoms. The summed E-state index contributed by atoms with van der Waals surface area (Å²) in [6.45, 7) is 9.14. The number of benzene rings is 1. The van der Waals surface area contributed by atoms with Gasteiger partial charge >= 0.3 is 0 Å². The molecule has 0 aromatic heterocycles. The zero-order valence-corrected chi connectivity index (χ0v) is 17.7. The van der Waals surface area contributed by atoms with Gasteiger partial charge in [0.1, 0.15) is 0 Å². The molecule has 0 spiro atoms. The molecule has 1 aromatic rings. The van der Waals surface area contributed by atoms with Gasteiger partial charge in [-0.3, -0.25) is 9.79 Å². The fourth-order valence-electron chi connectivity index (χ4n) is 1.97. The lowest BCUT2D eigenvalue weighted by Gasteiger charge is -2.20. The topological polar surface area (TPSA) is 65.5 Å². The van der Waals surface area contributed by atoms with E-state index >= 15 is 0 Å². The Balaban J connectivity index is 0.00000529. The molecular weight excluding hydrogens is 415 g/mol. The van der Waals surface area contributed by atoms with Gasteiger partial charge in [0.05, 0.1) is 0 Å². The summed E-state index contributed by atoms with van der Waals surface area (Å²) in [6, 6.07) is 8.22. The summed E-state index contributed by atoms with van der Waals surface area (Å²) >= 11 is 0. The normalized spacial score (nSPS) is 12.3. The molecule has 1 atom stereocenters. The first kappa shape index (κ1) is 22.7. The summed E-state index contributed by atoms with van der Waals surface area (Å²) in [4.78, 5) is 15.9. The van der Waals surface area contributed by atoms with Crippen LogP contribution >= 0.6 is 24.0 Å². The van der Waals surface area contributed by atoms with E-state index in [0.29, 0.717) is 24.9 Å². The first-order valence-corrected chi connectivity index (χ1v) is 8.32. The third-order valence-electron chi connectivity index (χ3n) is 3.74. The van der Waals surface area contributed by atoms with E-state index in [1.54, 1.807) is 7.05 Å². The van der Waals surface area contributed by atoms with Gasteiger partial charge in [0.15, 0.2) is 5.96 Å². The predicted molar refractivity (Wildman–Crippen MR) is 113 cm³/mol. The molecule has 1 unspecified atom stereocenters. The number of hydrogen-bond acceptors (Lipinski definition) is 2. The van der Waals surface area contributed by atoms with Crippen LogP contribution in [0.4, 0.5) is 5.69 Å². The van der Waals surface area contributed by atoms with Crippen LogP contribution in [-0.4, -0.2) is 25.0 Å². The van der Waals surface area contributed by atoms with Crippen molar-refractivity contribution >= 4 is 41.5 Å². The van der Waals surface area contributed by atoms with Gasteiger partial charge < -0.3 is 16.0 Å². The Kier molecular flexibility index (Phi) is 11.4. The monoisotopic (exact) mass is 446 g/mol. The molecule has 24 heavy (non-hydrogen) atoms. The molecule has 0 fully saturated rings. The van der Waals surface area contributed by atoms with E-state index in [1.165, 1.54) is 0 Å². The number of anilines is 1. The smallest absolute Gasteiger partial charge is 0.224 e. The number of nitrogens with one attached hydrogen (secondary N) is 3. The number of amides is 1. The van der Waals surface area contributed by atoms with Crippen LogP contribution < -0.4 is 16.0 Å². The zero-order valence-electron chi connectivity index (χ0n) is 15.3. The molecule has 136 valence electrons. The summed E-state index contributed by atoms with van der Waals surface area (Å²) in [5.41, 5.74) is 1.93. The molecule has 5 nitrogen and oxygen atoms in total. The number of carbonyl (C=O) groups is 1. The summed E-state index contributed by atoms with van der Waals surface area (Å²) in [5.74, 6) is 1.37. The molecule has 0 aliphatic heterocycles. The minimum Gasteiger partial charge on any atom is -0.354 e. The van der Waals surface area contributed by atoms with Crippen LogP contribution in [0.2, 0.25) is 0 Å². The second-order valence-corrected chi connectivity index (χ2v) is 6.10. The molecule has 0 heterocycles. The van der Waals surface area contributed by atoms with Crippen LogP contribution in [0.1, 0.15) is 46.1 Å². The van der Waals surface area contributed by atoms with Crippen LogP contribution in [0.5, 0.6) is 0 Å². The Morgan fingerprint density at radius 3 is 2.54 bits per heavy atom. The summed E-state index contributed by atoms with van der Waals surface area (Å²) in [5, 5.41) is 9.59. The third-order valence-corrected chi connectivity index (χ3v) is 3.74. The molecule has 0 saturated carbocycles. The second-order valence-electron chi connectivity index (χ2n) is 6.10. The Bertz CT molecular complexity index is 532. The van der Waals surface area contributed by atoms with Gasteiger partial charge in [-0.05, 0) is 37.0 Å².